The van der Waals surface area contributed by atoms with Gasteiger partial charge < -0.3 is 4.74 Å². The molecular weight excluding hydrogens is 358 g/mol. The zero-order chi connectivity index (χ0) is 17.8. The maximum Gasteiger partial charge on any atom is 0.316 e. The van der Waals surface area contributed by atoms with Gasteiger partial charge in [0.05, 0.1) is 16.9 Å². The van der Waals surface area contributed by atoms with E-state index in [9.17, 15) is 4.79 Å². The van der Waals surface area contributed by atoms with Crippen LogP contribution in [0.4, 0.5) is 0 Å². The van der Waals surface area contributed by atoms with Crippen LogP contribution in [0, 0.1) is 0 Å². The fourth-order valence-corrected chi connectivity index (χ4v) is 4.12. The van der Waals surface area contributed by atoms with Crippen molar-refractivity contribution in [1.82, 2.24) is 14.8 Å². The molecule has 1 aliphatic rings. The lowest BCUT2D eigenvalue weighted by Crippen LogP contribution is -2.14. The summed E-state index contributed by atoms with van der Waals surface area (Å²) >= 11 is 7.75. The Morgan fingerprint density at radius 2 is 2.04 bits per heavy atom. The number of hydrogen-bond donors (Lipinski definition) is 0. The minimum absolute atomic E-state index is 0.112. The first-order valence-electron chi connectivity index (χ1n) is 8.58. The molecule has 0 radical (unpaired) electrons. The van der Waals surface area contributed by atoms with Crippen LogP contribution in [-0.2, 0) is 9.53 Å². The molecular formula is C18H22ClN3O2S. The monoisotopic (exact) mass is 379 g/mol. The van der Waals surface area contributed by atoms with Crippen molar-refractivity contribution < 1.29 is 9.53 Å². The minimum atomic E-state index is -0.236. The molecule has 5 nitrogen and oxygen atoms in total. The second-order valence-corrected chi connectivity index (χ2v) is 7.77. The van der Waals surface area contributed by atoms with Crippen LogP contribution in [0.2, 0.25) is 5.02 Å². The van der Waals surface area contributed by atoms with Crippen LogP contribution in [0.3, 0.4) is 0 Å². The Balaban J connectivity index is 1.88. The van der Waals surface area contributed by atoms with E-state index in [-0.39, 0.29) is 17.8 Å². The van der Waals surface area contributed by atoms with Crippen molar-refractivity contribution in [3.8, 4) is 11.4 Å². The first-order valence-corrected chi connectivity index (χ1v) is 9.94. The number of esters is 1. The summed E-state index contributed by atoms with van der Waals surface area (Å²) in [7, 11) is 0. The molecule has 1 heterocycles. The van der Waals surface area contributed by atoms with Crippen molar-refractivity contribution in [2.24, 2.45) is 0 Å². The number of carbonyl (C=O) groups is 1. The highest BCUT2D eigenvalue weighted by atomic mass is 35.5. The Morgan fingerprint density at radius 1 is 1.32 bits per heavy atom. The van der Waals surface area contributed by atoms with Crippen molar-refractivity contribution in [3.05, 3.63) is 29.3 Å². The Hall–Kier alpha value is -1.53. The van der Waals surface area contributed by atoms with E-state index in [0.717, 1.165) is 29.4 Å². The summed E-state index contributed by atoms with van der Waals surface area (Å²) < 4.78 is 7.36. The molecule has 0 aliphatic heterocycles. The third-order valence-corrected chi connectivity index (χ3v) is 5.40. The number of benzene rings is 1. The second kappa shape index (κ2) is 8.23. The number of halogens is 1. The van der Waals surface area contributed by atoms with Gasteiger partial charge in [0.2, 0.25) is 0 Å². The van der Waals surface area contributed by atoms with E-state index >= 15 is 0 Å². The standard InChI is InChI=1S/C18H22ClN3O2S/c1-12(2)24-16(23)11-25-18-21-20-17(14-9-5-6-10-15(14)19)22(18)13-7-3-4-8-13/h5-6,9-10,12-13H,3-4,7-8,11H2,1-2H3. The van der Waals surface area contributed by atoms with Gasteiger partial charge in [0, 0.05) is 11.6 Å². The molecule has 2 aromatic rings. The Labute approximate surface area is 157 Å². The average molecular weight is 380 g/mol. The summed E-state index contributed by atoms with van der Waals surface area (Å²) in [6.45, 7) is 3.69. The first-order chi connectivity index (χ1) is 12.1. The quantitative estimate of drug-likeness (QED) is 0.535. The predicted molar refractivity (Wildman–Crippen MR) is 99.9 cm³/mol. The van der Waals surface area contributed by atoms with Crippen LogP contribution >= 0.6 is 23.4 Å². The van der Waals surface area contributed by atoms with E-state index in [0.29, 0.717) is 11.1 Å². The lowest BCUT2D eigenvalue weighted by atomic mass is 10.2. The maximum atomic E-state index is 11.9. The molecule has 7 heteroatoms. The van der Waals surface area contributed by atoms with E-state index in [1.165, 1.54) is 24.6 Å². The second-order valence-electron chi connectivity index (χ2n) is 6.42. The van der Waals surface area contributed by atoms with E-state index in [4.69, 9.17) is 16.3 Å². The van der Waals surface area contributed by atoms with Gasteiger partial charge in [0.15, 0.2) is 11.0 Å². The van der Waals surface area contributed by atoms with Crippen molar-refractivity contribution in [2.45, 2.75) is 56.8 Å². The maximum absolute atomic E-state index is 11.9. The van der Waals surface area contributed by atoms with Gasteiger partial charge in [-0.05, 0) is 38.8 Å². The lowest BCUT2D eigenvalue weighted by molar-refractivity contribution is -0.144. The Bertz CT molecular complexity index is 742. The van der Waals surface area contributed by atoms with Gasteiger partial charge in [-0.15, -0.1) is 10.2 Å². The van der Waals surface area contributed by atoms with Crippen LogP contribution in [-0.4, -0.2) is 32.6 Å². The molecule has 0 atom stereocenters. The Kier molecular flexibility index (Phi) is 6.02. The molecule has 134 valence electrons. The highest BCUT2D eigenvalue weighted by Gasteiger charge is 2.26. The molecule has 1 fully saturated rings. The van der Waals surface area contributed by atoms with Crippen LogP contribution in [0.15, 0.2) is 29.4 Å². The molecule has 1 aliphatic carbocycles. The van der Waals surface area contributed by atoms with Gasteiger partial charge in [-0.1, -0.05) is 48.3 Å². The molecule has 0 N–H and O–H groups in total. The predicted octanol–water partition coefficient (Wildman–Crippen LogP) is 4.76. The Morgan fingerprint density at radius 3 is 2.72 bits per heavy atom. The number of aromatic nitrogens is 3. The summed E-state index contributed by atoms with van der Waals surface area (Å²) in [4.78, 5) is 11.9. The van der Waals surface area contributed by atoms with Crippen LogP contribution in [0.25, 0.3) is 11.4 Å². The third kappa shape index (κ3) is 4.36. The zero-order valence-electron chi connectivity index (χ0n) is 14.4. The average Bonchev–Trinajstić information content (AvgIpc) is 3.22. The topological polar surface area (TPSA) is 57.0 Å². The molecule has 0 spiro atoms. The van der Waals surface area contributed by atoms with Gasteiger partial charge in [-0.25, -0.2) is 0 Å². The molecule has 1 aromatic carbocycles. The molecule has 1 aromatic heterocycles. The molecule has 0 bridgehead atoms. The largest absolute Gasteiger partial charge is 0.462 e. The molecule has 25 heavy (non-hydrogen) atoms. The van der Waals surface area contributed by atoms with E-state index < -0.39 is 0 Å². The SMILES string of the molecule is CC(C)OC(=O)CSc1nnc(-c2ccccc2Cl)n1C1CCCC1. The summed E-state index contributed by atoms with van der Waals surface area (Å²) in [5.41, 5.74) is 0.875. The number of ether oxygens (including phenoxy) is 1. The van der Waals surface area contributed by atoms with Crippen molar-refractivity contribution >= 4 is 29.3 Å². The molecule has 3 rings (SSSR count). The van der Waals surface area contributed by atoms with Crippen LogP contribution in [0.1, 0.15) is 45.6 Å². The minimum Gasteiger partial charge on any atom is -0.462 e. The van der Waals surface area contributed by atoms with Crippen molar-refractivity contribution in [1.29, 1.82) is 0 Å². The lowest BCUT2D eigenvalue weighted by Gasteiger charge is -2.17. The third-order valence-electron chi connectivity index (χ3n) is 4.16. The van der Waals surface area contributed by atoms with Gasteiger partial charge in [0.25, 0.3) is 0 Å². The highest BCUT2D eigenvalue weighted by molar-refractivity contribution is 7.99. The van der Waals surface area contributed by atoms with Crippen LogP contribution < -0.4 is 0 Å². The van der Waals surface area contributed by atoms with E-state index in [2.05, 4.69) is 14.8 Å². The van der Waals surface area contributed by atoms with Gasteiger partial charge in [-0.2, -0.15) is 0 Å². The smallest absolute Gasteiger partial charge is 0.316 e. The molecule has 0 unspecified atom stereocenters. The normalized spacial score (nSPS) is 15.0. The first kappa shape index (κ1) is 18.3. The number of carbonyl (C=O) groups excluding carboxylic acids is 1. The number of thioether (sulfide) groups is 1. The van der Waals surface area contributed by atoms with E-state index in [1.807, 2.05) is 38.1 Å². The molecule has 0 amide bonds. The molecule has 0 saturated heterocycles. The fraction of sp³-hybridized carbons (Fsp3) is 0.500. The summed E-state index contributed by atoms with van der Waals surface area (Å²) in [5, 5.41) is 10.1. The zero-order valence-corrected chi connectivity index (χ0v) is 16.0. The van der Waals surface area contributed by atoms with Gasteiger partial charge >= 0.3 is 5.97 Å². The fourth-order valence-electron chi connectivity index (χ4n) is 3.11. The number of nitrogens with zero attached hydrogens (tertiary/aromatic N) is 3. The number of hydrogen-bond acceptors (Lipinski definition) is 5. The molecule has 1 saturated carbocycles. The van der Waals surface area contributed by atoms with Crippen molar-refractivity contribution in [3.63, 3.8) is 0 Å². The number of rotatable bonds is 6. The van der Waals surface area contributed by atoms with Gasteiger partial charge in [-0.3, -0.25) is 9.36 Å². The highest BCUT2D eigenvalue weighted by Crippen LogP contribution is 2.38. The summed E-state index contributed by atoms with van der Waals surface area (Å²) in [5.74, 6) is 0.767. The summed E-state index contributed by atoms with van der Waals surface area (Å²) in [6, 6.07) is 8.02. The van der Waals surface area contributed by atoms with Gasteiger partial charge in [0.1, 0.15) is 0 Å². The van der Waals surface area contributed by atoms with E-state index in [1.54, 1.807) is 0 Å². The summed E-state index contributed by atoms with van der Waals surface area (Å²) in [6.07, 6.45) is 4.48. The van der Waals surface area contributed by atoms with Crippen molar-refractivity contribution in [2.75, 3.05) is 5.75 Å². The van der Waals surface area contributed by atoms with Crippen LogP contribution in [0.5, 0.6) is 0 Å².